The molecule has 82 valence electrons. The number of hydrogen-bond acceptors (Lipinski definition) is 2. The number of benzene rings is 1. The Morgan fingerprint density at radius 1 is 1.50 bits per heavy atom. The van der Waals surface area contributed by atoms with Crippen molar-refractivity contribution in [3.63, 3.8) is 0 Å². The largest absolute Gasteiger partial charge is 0.464 e. The first kappa shape index (κ1) is 10.2. The van der Waals surface area contributed by atoms with Gasteiger partial charge in [-0.15, -0.1) is 0 Å². The molecular formula is C11H11N3O2. The Bertz CT molecular complexity index is 557. The molecule has 0 aliphatic rings. The van der Waals surface area contributed by atoms with Gasteiger partial charge in [0.2, 0.25) is 0 Å². The van der Waals surface area contributed by atoms with E-state index in [0.717, 1.165) is 16.6 Å². The summed E-state index contributed by atoms with van der Waals surface area (Å²) in [5.74, 6) is 0. The van der Waals surface area contributed by atoms with E-state index in [1.807, 2.05) is 47.4 Å². The minimum Gasteiger partial charge on any atom is -0.464 e. The zero-order valence-electron chi connectivity index (χ0n) is 8.71. The molecular weight excluding hydrogens is 206 g/mol. The Balaban J connectivity index is 2.34. The lowest BCUT2D eigenvalue weighted by atomic mass is 10.2. The number of carboxylic acid groups (broad SMARTS) is 1. The van der Waals surface area contributed by atoms with Crippen LogP contribution in [-0.4, -0.2) is 22.0 Å². The number of carbonyl (C=O) groups is 1. The van der Waals surface area contributed by atoms with Crippen LogP contribution >= 0.6 is 0 Å². The summed E-state index contributed by atoms with van der Waals surface area (Å²) in [7, 11) is 1.91. The second-order valence-corrected chi connectivity index (χ2v) is 3.36. The number of amides is 1. The number of nitrogens with zero attached hydrogens (tertiary/aromatic N) is 2. The van der Waals surface area contributed by atoms with Crippen molar-refractivity contribution < 1.29 is 9.90 Å². The maximum Gasteiger partial charge on any atom is 0.425 e. The van der Waals surface area contributed by atoms with Crippen molar-refractivity contribution in [1.82, 2.24) is 9.99 Å². The number of hydrazone groups is 1. The highest BCUT2D eigenvalue weighted by Crippen LogP contribution is 2.16. The standard InChI is InChI=1S/C11H11N3O2/c1-14-9(7-12-13-11(15)16)6-8-4-2-3-5-10(8)14/h2-7,13H,1H3,(H,15,16)/b12-7+. The molecule has 0 aliphatic carbocycles. The molecule has 1 amide bonds. The average molecular weight is 217 g/mol. The number of rotatable bonds is 2. The van der Waals surface area contributed by atoms with Crippen LogP contribution < -0.4 is 5.43 Å². The van der Waals surface area contributed by atoms with E-state index in [-0.39, 0.29) is 0 Å². The summed E-state index contributed by atoms with van der Waals surface area (Å²) < 4.78 is 1.95. The molecule has 1 aromatic carbocycles. The number of para-hydroxylation sites is 1. The predicted molar refractivity (Wildman–Crippen MR) is 61.7 cm³/mol. The van der Waals surface area contributed by atoms with Crippen LogP contribution in [0.25, 0.3) is 10.9 Å². The van der Waals surface area contributed by atoms with Gasteiger partial charge >= 0.3 is 6.09 Å². The summed E-state index contributed by atoms with van der Waals surface area (Å²) in [6.07, 6.45) is 0.309. The molecule has 5 nitrogen and oxygen atoms in total. The molecule has 2 rings (SSSR count). The van der Waals surface area contributed by atoms with Crippen LogP contribution in [0.5, 0.6) is 0 Å². The van der Waals surface area contributed by atoms with Crippen LogP contribution in [0.1, 0.15) is 5.69 Å². The van der Waals surface area contributed by atoms with Gasteiger partial charge in [0, 0.05) is 18.0 Å². The van der Waals surface area contributed by atoms with E-state index >= 15 is 0 Å². The monoisotopic (exact) mass is 217 g/mol. The molecule has 1 heterocycles. The van der Waals surface area contributed by atoms with Crippen molar-refractivity contribution in [1.29, 1.82) is 0 Å². The lowest BCUT2D eigenvalue weighted by molar-refractivity contribution is 0.195. The van der Waals surface area contributed by atoms with Crippen LogP contribution in [0.15, 0.2) is 35.4 Å². The van der Waals surface area contributed by atoms with Gasteiger partial charge < -0.3 is 9.67 Å². The summed E-state index contributed by atoms with van der Waals surface area (Å²) in [5.41, 5.74) is 3.86. The maximum atomic E-state index is 10.2. The van der Waals surface area contributed by atoms with Gasteiger partial charge in [-0.25, -0.2) is 10.2 Å². The zero-order chi connectivity index (χ0) is 11.5. The van der Waals surface area contributed by atoms with Gasteiger partial charge in [-0.1, -0.05) is 18.2 Å². The fourth-order valence-corrected chi connectivity index (χ4v) is 1.59. The van der Waals surface area contributed by atoms with Crippen molar-refractivity contribution >= 4 is 23.2 Å². The number of fused-ring (bicyclic) bond motifs is 1. The molecule has 0 saturated carbocycles. The second kappa shape index (κ2) is 4.06. The van der Waals surface area contributed by atoms with Gasteiger partial charge in [0.15, 0.2) is 0 Å². The van der Waals surface area contributed by atoms with Gasteiger partial charge in [-0.05, 0) is 12.1 Å². The fraction of sp³-hybridized carbons (Fsp3) is 0.0909. The molecule has 0 bridgehead atoms. The van der Waals surface area contributed by atoms with Gasteiger partial charge in [-0.2, -0.15) is 5.10 Å². The molecule has 0 fully saturated rings. The minimum atomic E-state index is -1.17. The van der Waals surface area contributed by atoms with E-state index in [1.54, 1.807) is 0 Å². The predicted octanol–water partition coefficient (Wildman–Crippen LogP) is 1.78. The Morgan fingerprint density at radius 3 is 2.94 bits per heavy atom. The highest BCUT2D eigenvalue weighted by molar-refractivity contribution is 5.90. The highest BCUT2D eigenvalue weighted by Gasteiger charge is 2.02. The van der Waals surface area contributed by atoms with Crippen molar-refractivity contribution in [2.75, 3.05) is 0 Å². The van der Waals surface area contributed by atoms with Gasteiger partial charge in [0.05, 0.1) is 11.9 Å². The normalized spacial score (nSPS) is 11.1. The number of aryl methyl sites for hydroxylation is 1. The molecule has 2 aromatic rings. The first-order valence-electron chi connectivity index (χ1n) is 4.75. The molecule has 0 saturated heterocycles. The van der Waals surface area contributed by atoms with Crippen molar-refractivity contribution in [2.45, 2.75) is 0 Å². The van der Waals surface area contributed by atoms with Crippen molar-refractivity contribution in [3.8, 4) is 0 Å². The van der Waals surface area contributed by atoms with E-state index in [1.165, 1.54) is 6.21 Å². The fourth-order valence-electron chi connectivity index (χ4n) is 1.59. The maximum absolute atomic E-state index is 10.2. The molecule has 5 heteroatoms. The van der Waals surface area contributed by atoms with Crippen LogP contribution in [0, 0.1) is 0 Å². The topological polar surface area (TPSA) is 66.6 Å². The highest BCUT2D eigenvalue weighted by atomic mass is 16.4. The molecule has 0 aliphatic heterocycles. The van der Waals surface area contributed by atoms with Crippen LogP contribution in [0.3, 0.4) is 0 Å². The summed E-state index contributed by atoms with van der Waals surface area (Å²) in [5, 5.41) is 13.1. The van der Waals surface area contributed by atoms with E-state index in [0.29, 0.717) is 0 Å². The number of hydrogen-bond donors (Lipinski definition) is 2. The number of nitrogens with one attached hydrogen (secondary N) is 1. The summed E-state index contributed by atoms with van der Waals surface area (Å²) in [4.78, 5) is 10.2. The van der Waals surface area contributed by atoms with Crippen LogP contribution in [0.2, 0.25) is 0 Å². The quantitative estimate of drug-likeness (QED) is 0.594. The molecule has 1 aromatic heterocycles. The van der Waals surface area contributed by atoms with E-state index in [2.05, 4.69) is 5.10 Å². The Labute approximate surface area is 92.0 Å². The lowest BCUT2D eigenvalue weighted by Crippen LogP contribution is -2.13. The molecule has 0 spiro atoms. The van der Waals surface area contributed by atoms with Crippen molar-refractivity contribution in [2.24, 2.45) is 12.1 Å². The molecule has 0 unspecified atom stereocenters. The summed E-state index contributed by atoms with van der Waals surface area (Å²) in [6.45, 7) is 0. The minimum absolute atomic E-state index is 0.843. The van der Waals surface area contributed by atoms with Gasteiger partial charge in [0.1, 0.15) is 0 Å². The lowest BCUT2D eigenvalue weighted by Gasteiger charge is -1.98. The Kier molecular flexibility index (Phi) is 2.59. The van der Waals surface area contributed by atoms with Crippen molar-refractivity contribution in [3.05, 3.63) is 36.0 Å². The van der Waals surface area contributed by atoms with Crippen LogP contribution in [-0.2, 0) is 7.05 Å². The van der Waals surface area contributed by atoms with E-state index in [4.69, 9.17) is 5.11 Å². The third-order valence-electron chi connectivity index (χ3n) is 2.35. The molecule has 2 N–H and O–H groups in total. The molecule has 16 heavy (non-hydrogen) atoms. The smallest absolute Gasteiger partial charge is 0.425 e. The zero-order valence-corrected chi connectivity index (χ0v) is 8.71. The van der Waals surface area contributed by atoms with E-state index < -0.39 is 6.09 Å². The van der Waals surface area contributed by atoms with Gasteiger partial charge in [-0.3, -0.25) is 0 Å². The number of aromatic nitrogens is 1. The van der Waals surface area contributed by atoms with E-state index in [9.17, 15) is 4.79 Å². The first-order chi connectivity index (χ1) is 7.68. The third kappa shape index (κ3) is 1.88. The first-order valence-corrected chi connectivity index (χ1v) is 4.75. The average Bonchev–Trinajstić information content (AvgIpc) is 2.56. The molecule has 0 radical (unpaired) electrons. The molecule has 0 atom stereocenters. The second-order valence-electron chi connectivity index (χ2n) is 3.36. The third-order valence-corrected chi connectivity index (χ3v) is 2.35. The Hall–Kier alpha value is -2.30. The van der Waals surface area contributed by atoms with Gasteiger partial charge in [0.25, 0.3) is 0 Å². The SMILES string of the molecule is Cn1c(/C=N/NC(=O)O)cc2ccccc21. The Morgan fingerprint density at radius 2 is 2.25 bits per heavy atom. The summed E-state index contributed by atoms with van der Waals surface area (Å²) in [6, 6.07) is 9.86. The van der Waals surface area contributed by atoms with Crippen LogP contribution in [0.4, 0.5) is 4.79 Å². The summed E-state index contributed by atoms with van der Waals surface area (Å²) >= 11 is 0.